The molecular weight excluding hydrogens is 284 g/mol. The Bertz CT molecular complexity index is 695. The molecule has 1 saturated heterocycles. The van der Waals surface area contributed by atoms with Crippen molar-refractivity contribution in [1.29, 1.82) is 0 Å². The number of aryl methyl sites for hydroxylation is 1. The third-order valence-corrected chi connectivity index (χ3v) is 4.58. The summed E-state index contributed by atoms with van der Waals surface area (Å²) in [5, 5.41) is 2.69. The van der Waals surface area contributed by atoms with E-state index in [1.54, 1.807) is 16.5 Å². The number of carbonyl (C=O) groups excluding carboxylic acids is 2. The van der Waals surface area contributed by atoms with E-state index in [1.165, 1.54) is 0 Å². The van der Waals surface area contributed by atoms with Crippen molar-refractivity contribution in [1.82, 2.24) is 19.8 Å². The monoisotopic (exact) mass is 304 g/mol. The predicted molar refractivity (Wildman–Crippen MR) is 79.3 cm³/mol. The molecule has 1 N–H and O–H groups in total. The minimum atomic E-state index is -0.272. The largest absolute Gasteiger partial charge is 0.355 e. The number of carbonyl (C=O) groups is 2. The molecule has 0 bridgehead atoms. The second-order valence-corrected chi connectivity index (χ2v) is 5.98. The standard InChI is InChI=1S/C15H20N4O3/c1-9-17-12-4-6-19(5-3-11(12)15(22)18(9)2)14(21)10-7-13(20)16-8-10/h10H,3-8H2,1-2H3,(H,16,20). The Labute approximate surface area is 128 Å². The fourth-order valence-electron chi connectivity index (χ4n) is 3.13. The second kappa shape index (κ2) is 5.55. The first-order valence-corrected chi connectivity index (χ1v) is 7.58. The topological polar surface area (TPSA) is 84.3 Å². The molecule has 2 aliphatic heterocycles. The van der Waals surface area contributed by atoms with Crippen molar-refractivity contribution in [3.8, 4) is 0 Å². The Hall–Kier alpha value is -2.18. The lowest BCUT2D eigenvalue weighted by molar-refractivity contribution is -0.135. The van der Waals surface area contributed by atoms with Crippen LogP contribution in [0.25, 0.3) is 0 Å². The van der Waals surface area contributed by atoms with Gasteiger partial charge in [0.05, 0.1) is 11.6 Å². The summed E-state index contributed by atoms with van der Waals surface area (Å²) in [6.45, 7) is 3.29. The zero-order valence-corrected chi connectivity index (χ0v) is 12.9. The summed E-state index contributed by atoms with van der Waals surface area (Å²) in [6.07, 6.45) is 1.38. The number of rotatable bonds is 1. The van der Waals surface area contributed by atoms with Gasteiger partial charge in [0.2, 0.25) is 11.8 Å². The van der Waals surface area contributed by atoms with Crippen molar-refractivity contribution in [3.05, 3.63) is 27.4 Å². The maximum atomic E-state index is 12.5. The molecule has 0 saturated carbocycles. The minimum Gasteiger partial charge on any atom is -0.355 e. The van der Waals surface area contributed by atoms with E-state index in [9.17, 15) is 14.4 Å². The summed E-state index contributed by atoms with van der Waals surface area (Å²) in [5.41, 5.74) is 1.50. The number of aromatic nitrogens is 2. The number of hydrogen-bond acceptors (Lipinski definition) is 4. The zero-order valence-electron chi connectivity index (χ0n) is 12.9. The second-order valence-electron chi connectivity index (χ2n) is 5.98. The van der Waals surface area contributed by atoms with E-state index in [0.29, 0.717) is 43.9 Å². The molecule has 2 aliphatic rings. The average Bonchev–Trinajstić information content (AvgIpc) is 2.81. The van der Waals surface area contributed by atoms with Gasteiger partial charge in [0.25, 0.3) is 5.56 Å². The first-order valence-electron chi connectivity index (χ1n) is 7.58. The first-order chi connectivity index (χ1) is 10.5. The average molecular weight is 304 g/mol. The molecule has 0 aliphatic carbocycles. The number of amides is 2. The normalized spacial score (nSPS) is 21.3. The van der Waals surface area contributed by atoms with Gasteiger partial charge in [-0.2, -0.15) is 0 Å². The minimum absolute atomic E-state index is 0.000276. The lowest BCUT2D eigenvalue weighted by Gasteiger charge is -2.22. The summed E-state index contributed by atoms with van der Waals surface area (Å²) in [6, 6.07) is 0. The van der Waals surface area contributed by atoms with Crippen LogP contribution in [-0.2, 0) is 29.5 Å². The Morgan fingerprint density at radius 2 is 2.00 bits per heavy atom. The molecule has 3 heterocycles. The Morgan fingerprint density at radius 3 is 2.68 bits per heavy atom. The van der Waals surface area contributed by atoms with Crippen LogP contribution < -0.4 is 10.9 Å². The first kappa shape index (κ1) is 14.7. The van der Waals surface area contributed by atoms with Gasteiger partial charge in [0.15, 0.2) is 0 Å². The maximum absolute atomic E-state index is 12.5. The zero-order chi connectivity index (χ0) is 15.9. The highest BCUT2D eigenvalue weighted by atomic mass is 16.2. The number of nitrogens with one attached hydrogen (secondary N) is 1. The van der Waals surface area contributed by atoms with Crippen LogP contribution in [0.2, 0.25) is 0 Å². The molecule has 0 radical (unpaired) electrons. The van der Waals surface area contributed by atoms with Crippen LogP contribution in [0.4, 0.5) is 0 Å². The third-order valence-electron chi connectivity index (χ3n) is 4.58. The smallest absolute Gasteiger partial charge is 0.256 e. The van der Waals surface area contributed by atoms with Crippen molar-refractivity contribution in [3.63, 3.8) is 0 Å². The van der Waals surface area contributed by atoms with E-state index < -0.39 is 0 Å². The molecule has 1 unspecified atom stereocenters. The molecule has 1 aromatic rings. The van der Waals surface area contributed by atoms with Gasteiger partial charge >= 0.3 is 0 Å². The lowest BCUT2D eigenvalue weighted by Crippen LogP contribution is -2.38. The van der Waals surface area contributed by atoms with Crippen molar-refractivity contribution in [2.75, 3.05) is 19.6 Å². The molecule has 7 nitrogen and oxygen atoms in total. The van der Waals surface area contributed by atoms with Gasteiger partial charge in [0, 0.05) is 45.1 Å². The van der Waals surface area contributed by atoms with E-state index in [-0.39, 0.29) is 29.7 Å². The van der Waals surface area contributed by atoms with Crippen LogP contribution in [0.3, 0.4) is 0 Å². The Kier molecular flexibility index (Phi) is 3.72. The molecule has 3 rings (SSSR count). The van der Waals surface area contributed by atoms with Crippen LogP contribution >= 0.6 is 0 Å². The molecule has 1 fully saturated rings. The number of hydrogen-bond donors (Lipinski definition) is 1. The van der Waals surface area contributed by atoms with Crippen molar-refractivity contribution >= 4 is 11.8 Å². The van der Waals surface area contributed by atoms with Gasteiger partial charge in [-0.1, -0.05) is 0 Å². The fourth-order valence-corrected chi connectivity index (χ4v) is 3.13. The highest BCUT2D eigenvalue weighted by Gasteiger charge is 2.32. The summed E-state index contributed by atoms with van der Waals surface area (Å²) < 4.78 is 1.55. The van der Waals surface area contributed by atoms with E-state index in [2.05, 4.69) is 10.3 Å². The van der Waals surface area contributed by atoms with Crippen molar-refractivity contribution in [2.24, 2.45) is 13.0 Å². The van der Waals surface area contributed by atoms with Gasteiger partial charge in [0.1, 0.15) is 5.82 Å². The van der Waals surface area contributed by atoms with E-state index in [0.717, 1.165) is 5.69 Å². The van der Waals surface area contributed by atoms with Crippen LogP contribution in [0, 0.1) is 12.8 Å². The van der Waals surface area contributed by atoms with E-state index in [4.69, 9.17) is 0 Å². The van der Waals surface area contributed by atoms with Gasteiger partial charge in [-0.3, -0.25) is 19.0 Å². The molecule has 1 aromatic heterocycles. The maximum Gasteiger partial charge on any atom is 0.256 e. The highest BCUT2D eigenvalue weighted by molar-refractivity contribution is 5.89. The summed E-state index contributed by atoms with van der Waals surface area (Å²) in [5.74, 6) is 0.350. The SMILES string of the molecule is Cc1nc2c(c(=O)n1C)CCN(C(=O)C1CNC(=O)C1)CC2. The quantitative estimate of drug-likeness (QED) is 0.732. The van der Waals surface area contributed by atoms with Gasteiger partial charge in [-0.25, -0.2) is 4.98 Å². The highest BCUT2D eigenvalue weighted by Crippen LogP contribution is 2.17. The van der Waals surface area contributed by atoms with Crippen molar-refractivity contribution in [2.45, 2.75) is 26.2 Å². The summed E-state index contributed by atoms with van der Waals surface area (Å²) in [4.78, 5) is 42.4. The molecule has 0 aromatic carbocycles. The lowest BCUT2D eigenvalue weighted by atomic mass is 10.1. The van der Waals surface area contributed by atoms with Crippen LogP contribution in [0.5, 0.6) is 0 Å². The molecular formula is C15H20N4O3. The Balaban J connectivity index is 1.79. The summed E-state index contributed by atoms with van der Waals surface area (Å²) >= 11 is 0. The Morgan fingerprint density at radius 1 is 1.27 bits per heavy atom. The molecule has 7 heteroatoms. The molecule has 0 spiro atoms. The molecule has 2 amide bonds. The van der Waals surface area contributed by atoms with E-state index >= 15 is 0 Å². The van der Waals surface area contributed by atoms with Crippen LogP contribution in [0.1, 0.15) is 23.5 Å². The predicted octanol–water partition coefficient (Wildman–Crippen LogP) is -0.848. The number of nitrogens with zero attached hydrogens (tertiary/aromatic N) is 3. The molecule has 118 valence electrons. The van der Waals surface area contributed by atoms with E-state index in [1.807, 2.05) is 6.92 Å². The van der Waals surface area contributed by atoms with Gasteiger partial charge in [-0.15, -0.1) is 0 Å². The fraction of sp³-hybridized carbons (Fsp3) is 0.600. The van der Waals surface area contributed by atoms with Crippen molar-refractivity contribution < 1.29 is 9.59 Å². The van der Waals surface area contributed by atoms with Crippen LogP contribution in [-0.4, -0.2) is 45.9 Å². The third kappa shape index (κ3) is 2.51. The van der Waals surface area contributed by atoms with Crippen LogP contribution in [0.15, 0.2) is 4.79 Å². The van der Waals surface area contributed by atoms with Gasteiger partial charge in [-0.05, 0) is 13.3 Å². The summed E-state index contributed by atoms with van der Waals surface area (Å²) in [7, 11) is 1.72. The molecule has 22 heavy (non-hydrogen) atoms. The van der Waals surface area contributed by atoms with Gasteiger partial charge < -0.3 is 10.2 Å². The molecule has 1 atom stereocenters. The number of fused-ring (bicyclic) bond motifs is 1.